The first-order chi connectivity index (χ1) is 8.99. The minimum atomic E-state index is -0.685. The molecule has 0 aromatic heterocycles. The molecule has 0 aliphatic heterocycles. The van der Waals surface area contributed by atoms with E-state index in [1.165, 1.54) is 0 Å². The molecule has 100 valence electrons. The van der Waals surface area contributed by atoms with E-state index in [0.717, 1.165) is 29.4 Å². The fourth-order valence-corrected chi connectivity index (χ4v) is 1.93. The van der Waals surface area contributed by atoms with Crippen LogP contribution in [0.3, 0.4) is 0 Å². The standard InChI is InChI=1S/C15H16F2N2/c1-19(2)12-5-3-4-10(8-12)15(18)13-9-11(16)6-7-14(13)17/h3-9,15H,18H2,1-2H3. The molecular weight excluding hydrogens is 246 g/mol. The maximum atomic E-state index is 13.7. The van der Waals surface area contributed by atoms with Crippen molar-refractivity contribution in [1.82, 2.24) is 0 Å². The van der Waals surface area contributed by atoms with Gasteiger partial charge in [-0.3, -0.25) is 0 Å². The summed E-state index contributed by atoms with van der Waals surface area (Å²) in [5.41, 5.74) is 7.90. The van der Waals surface area contributed by atoms with Gasteiger partial charge in [0.25, 0.3) is 0 Å². The Morgan fingerprint density at radius 1 is 1.05 bits per heavy atom. The Labute approximate surface area is 111 Å². The molecule has 0 saturated heterocycles. The van der Waals surface area contributed by atoms with E-state index in [1.54, 1.807) is 0 Å². The topological polar surface area (TPSA) is 29.3 Å². The summed E-state index contributed by atoms with van der Waals surface area (Å²) in [4.78, 5) is 1.93. The predicted octanol–water partition coefficient (Wildman–Crippen LogP) is 3.08. The highest BCUT2D eigenvalue weighted by Crippen LogP contribution is 2.25. The van der Waals surface area contributed by atoms with Crippen LogP contribution in [0.5, 0.6) is 0 Å². The van der Waals surface area contributed by atoms with Crippen molar-refractivity contribution in [2.75, 3.05) is 19.0 Å². The number of hydrogen-bond donors (Lipinski definition) is 1. The lowest BCUT2D eigenvalue weighted by molar-refractivity contribution is 0.576. The quantitative estimate of drug-likeness (QED) is 0.921. The number of hydrogen-bond acceptors (Lipinski definition) is 2. The number of nitrogens with two attached hydrogens (primary N) is 1. The van der Waals surface area contributed by atoms with Crippen molar-refractivity contribution in [3.05, 3.63) is 65.2 Å². The van der Waals surface area contributed by atoms with Gasteiger partial charge in [0.2, 0.25) is 0 Å². The van der Waals surface area contributed by atoms with E-state index in [1.807, 2.05) is 43.3 Å². The summed E-state index contributed by atoms with van der Waals surface area (Å²) in [6.45, 7) is 0. The maximum absolute atomic E-state index is 13.7. The average molecular weight is 262 g/mol. The Morgan fingerprint density at radius 2 is 1.79 bits per heavy atom. The van der Waals surface area contributed by atoms with Crippen LogP contribution in [0.25, 0.3) is 0 Å². The third kappa shape index (κ3) is 2.90. The van der Waals surface area contributed by atoms with Gasteiger partial charge >= 0.3 is 0 Å². The highest BCUT2D eigenvalue weighted by atomic mass is 19.1. The van der Waals surface area contributed by atoms with Gasteiger partial charge in [0.1, 0.15) is 11.6 Å². The minimum Gasteiger partial charge on any atom is -0.378 e. The molecule has 0 aliphatic carbocycles. The van der Waals surface area contributed by atoms with E-state index >= 15 is 0 Å². The van der Waals surface area contributed by atoms with Crippen molar-refractivity contribution in [3.63, 3.8) is 0 Å². The first-order valence-electron chi connectivity index (χ1n) is 5.97. The lowest BCUT2D eigenvalue weighted by atomic mass is 9.98. The highest BCUT2D eigenvalue weighted by molar-refractivity contribution is 5.49. The minimum absolute atomic E-state index is 0.163. The zero-order valence-electron chi connectivity index (χ0n) is 10.9. The Morgan fingerprint density at radius 3 is 2.47 bits per heavy atom. The van der Waals surface area contributed by atoms with E-state index in [4.69, 9.17) is 5.73 Å². The molecule has 0 radical (unpaired) electrons. The summed E-state index contributed by atoms with van der Waals surface area (Å²) in [7, 11) is 3.82. The van der Waals surface area contributed by atoms with E-state index in [9.17, 15) is 8.78 Å². The number of rotatable bonds is 3. The molecule has 0 saturated carbocycles. The predicted molar refractivity (Wildman–Crippen MR) is 73.2 cm³/mol. The molecule has 0 amide bonds. The molecule has 1 unspecified atom stereocenters. The molecule has 0 fully saturated rings. The van der Waals surface area contributed by atoms with Gasteiger partial charge in [-0.05, 0) is 35.9 Å². The van der Waals surface area contributed by atoms with Crippen molar-refractivity contribution in [3.8, 4) is 0 Å². The molecule has 2 N–H and O–H groups in total. The molecule has 0 heterocycles. The molecule has 1 atom stereocenters. The van der Waals surface area contributed by atoms with Crippen LogP contribution in [0, 0.1) is 11.6 Å². The van der Waals surface area contributed by atoms with Gasteiger partial charge in [0.15, 0.2) is 0 Å². The molecule has 0 aliphatic rings. The summed E-state index contributed by atoms with van der Waals surface area (Å²) in [5, 5.41) is 0. The van der Waals surface area contributed by atoms with Crippen molar-refractivity contribution in [1.29, 1.82) is 0 Å². The van der Waals surface area contributed by atoms with E-state index in [0.29, 0.717) is 0 Å². The van der Waals surface area contributed by atoms with Crippen LogP contribution in [-0.2, 0) is 0 Å². The Kier molecular flexibility index (Phi) is 3.81. The van der Waals surface area contributed by atoms with Gasteiger partial charge in [-0.2, -0.15) is 0 Å². The summed E-state index contributed by atoms with van der Waals surface area (Å²) < 4.78 is 26.9. The first kappa shape index (κ1) is 13.5. The van der Waals surface area contributed by atoms with Crippen molar-refractivity contribution in [2.24, 2.45) is 5.73 Å². The Bertz CT molecular complexity index is 582. The van der Waals surface area contributed by atoms with Gasteiger partial charge in [0, 0.05) is 25.3 Å². The Hall–Kier alpha value is -1.94. The van der Waals surface area contributed by atoms with Crippen molar-refractivity contribution < 1.29 is 8.78 Å². The summed E-state index contributed by atoms with van der Waals surface area (Å²) in [6, 6.07) is 10.1. The molecular formula is C15H16F2N2. The second-order valence-corrected chi connectivity index (χ2v) is 4.63. The summed E-state index contributed by atoms with van der Waals surface area (Å²) in [6.07, 6.45) is 0. The van der Waals surface area contributed by atoms with Crippen LogP contribution in [0.15, 0.2) is 42.5 Å². The van der Waals surface area contributed by atoms with Crippen LogP contribution >= 0.6 is 0 Å². The number of benzene rings is 2. The van der Waals surface area contributed by atoms with Gasteiger partial charge in [-0.1, -0.05) is 12.1 Å². The smallest absolute Gasteiger partial charge is 0.128 e. The van der Waals surface area contributed by atoms with E-state index < -0.39 is 17.7 Å². The molecule has 2 aromatic carbocycles. The lowest BCUT2D eigenvalue weighted by Crippen LogP contribution is -2.15. The van der Waals surface area contributed by atoms with Crippen LogP contribution in [-0.4, -0.2) is 14.1 Å². The van der Waals surface area contributed by atoms with Crippen molar-refractivity contribution >= 4 is 5.69 Å². The van der Waals surface area contributed by atoms with Crippen LogP contribution in [0.1, 0.15) is 17.2 Å². The van der Waals surface area contributed by atoms with E-state index in [-0.39, 0.29) is 5.56 Å². The van der Waals surface area contributed by atoms with Crippen LogP contribution in [0.4, 0.5) is 14.5 Å². The molecule has 2 aromatic rings. The third-order valence-electron chi connectivity index (χ3n) is 3.04. The van der Waals surface area contributed by atoms with Gasteiger partial charge in [0.05, 0.1) is 6.04 Å². The maximum Gasteiger partial charge on any atom is 0.128 e. The van der Waals surface area contributed by atoms with Gasteiger partial charge in [-0.25, -0.2) is 8.78 Å². The van der Waals surface area contributed by atoms with Gasteiger partial charge < -0.3 is 10.6 Å². The SMILES string of the molecule is CN(C)c1cccc(C(N)c2cc(F)ccc2F)c1. The molecule has 0 bridgehead atoms. The molecule has 0 spiro atoms. The fourth-order valence-electron chi connectivity index (χ4n) is 1.93. The van der Waals surface area contributed by atoms with Crippen molar-refractivity contribution in [2.45, 2.75) is 6.04 Å². The van der Waals surface area contributed by atoms with Gasteiger partial charge in [-0.15, -0.1) is 0 Å². The summed E-state index contributed by atoms with van der Waals surface area (Å²) >= 11 is 0. The van der Waals surface area contributed by atoms with Crippen LogP contribution in [0.2, 0.25) is 0 Å². The fraction of sp³-hybridized carbons (Fsp3) is 0.200. The number of halogens is 2. The number of nitrogens with zero attached hydrogens (tertiary/aromatic N) is 1. The van der Waals surface area contributed by atoms with Crippen LogP contribution < -0.4 is 10.6 Å². The first-order valence-corrected chi connectivity index (χ1v) is 5.97. The molecule has 19 heavy (non-hydrogen) atoms. The largest absolute Gasteiger partial charge is 0.378 e. The summed E-state index contributed by atoms with van der Waals surface area (Å²) in [5.74, 6) is -0.986. The Balaban J connectivity index is 2.41. The second-order valence-electron chi connectivity index (χ2n) is 4.63. The zero-order valence-corrected chi connectivity index (χ0v) is 10.9. The third-order valence-corrected chi connectivity index (χ3v) is 3.04. The molecule has 4 heteroatoms. The second kappa shape index (κ2) is 5.36. The highest BCUT2D eigenvalue weighted by Gasteiger charge is 2.15. The lowest BCUT2D eigenvalue weighted by Gasteiger charge is -2.17. The van der Waals surface area contributed by atoms with E-state index in [2.05, 4.69) is 0 Å². The zero-order chi connectivity index (χ0) is 14.0. The average Bonchev–Trinajstić information content (AvgIpc) is 2.41. The molecule has 2 rings (SSSR count). The number of anilines is 1. The molecule has 2 nitrogen and oxygen atoms in total. The normalized spacial score (nSPS) is 12.3. The monoisotopic (exact) mass is 262 g/mol.